The Morgan fingerprint density at radius 3 is 1.76 bits per heavy atom. The average Bonchev–Trinajstić information content (AvgIpc) is 3.46. The molecule has 266 valence electrons. The smallest absolute Gasteiger partial charge is 0.237 e. The largest absolute Gasteiger partial charge is 0.489 e. The summed E-state index contributed by atoms with van der Waals surface area (Å²) in [5, 5.41) is 4.98. The molecule has 5 aromatic rings. The van der Waals surface area contributed by atoms with E-state index < -0.39 is 12.2 Å². The Bertz CT molecular complexity index is 1820. The molecule has 0 saturated heterocycles. The van der Waals surface area contributed by atoms with Crippen LogP contribution in [0.15, 0.2) is 115 Å². The third-order valence-corrected chi connectivity index (χ3v) is 9.95. The van der Waals surface area contributed by atoms with Crippen molar-refractivity contribution >= 4 is 5.78 Å². The van der Waals surface area contributed by atoms with Crippen LogP contribution in [0.5, 0.6) is 11.6 Å². The van der Waals surface area contributed by atoms with Gasteiger partial charge < -0.3 is 18.9 Å². The van der Waals surface area contributed by atoms with E-state index in [2.05, 4.69) is 71.0 Å². The third-order valence-electron chi connectivity index (χ3n) is 9.95. The molecule has 51 heavy (non-hydrogen) atoms. The summed E-state index contributed by atoms with van der Waals surface area (Å²) in [4.78, 5) is 14.4. The molecule has 1 aliphatic rings. The Morgan fingerprint density at radius 1 is 0.706 bits per heavy atom. The minimum absolute atomic E-state index is 0.0326. The van der Waals surface area contributed by atoms with Gasteiger partial charge in [-0.1, -0.05) is 117 Å². The van der Waals surface area contributed by atoms with E-state index in [1.54, 1.807) is 0 Å². The highest BCUT2D eigenvalue weighted by Crippen LogP contribution is 2.38. The molecule has 7 nitrogen and oxygen atoms in total. The summed E-state index contributed by atoms with van der Waals surface area (Å²) >= 11 is 0. The maximum atomic E-state index is 14.4. The molecule has 1 aliphatic carbocycles. The van der Waals surface area contributed by atoms with Crippen molar-refractivity contribution in [3.05, 3.63) is 149 Å². The maximum Gasteiger partial charge on any atom is 0.237 e. The molecule has 0 aliphatic heterocycles. The molecular weight excluding hydrogens is 636 g/mol. The Morgan fingerprint density at radius 2 is 1.24 bits per heavy atom. The van der Waals surface area contributed by atoms with Crippen LogP contribution in [0.25, 0.3) is 0 Å². The van der Waals surface area contributed by atoms with E-state index in [1.165, 1.54) is 0 Å². The zero-order chi connectivity index (χ0) is 35.7. The van der Waals surface area contributed by atoms with Crippen molar-refractivity contribution in [2.45, 2.75) is 91.6 Å². The van der Waals surface area contributed by atoms with Gasteiger partial charge in [-0.2, -0.15) is 0 Å². The molecule has 7 heteroatoms. The summed E-state index contributed by atoms with van der Waals surface area (Å²) in [6.45, 7) is 11.7. The normalized spacial score (nSPS) is 20.4. The van der Waals surface area contributed by atoms with Gasteiger partial charge in [0.05, 0.1) is 19.3 Å². The fraction of sp³-hybridized carbons (Fsp3) is 0.364. The molecule has 5 atom stereocenters. The number of hydrogen-bond acceptors (Lipinski definition) is 6. The van der Waals surface area contributed by atoms with Gasteiger partial charge in [0.1, 0.15) is 18.5 Å². The Kier molecular flexibility index (Phi) is 12.0. The summed E-state index contributed by atoms with van der Waals surface area (Å²) in [6, 6.07) is 38.6. The molecule has 6 rings (SSSR count). The molecule has 0 radical (unpaired) electrons. The molecule has 0 amide bonds. The lowest BCUT2D eigenvalue weighted by Crippen LogP contribution is -2.59. The summed E-state index contributed by atoms with van der Waals surface area (Å²) in [7, 11) is 0. The van der Waals surface area contributed by atoms with Crippen molar-refractivity contribution in [3.63, 3.8) is 0 Å². The topological polar surface area (TPSA) is 71.8 Å². The summed E-state index contributed by atoms with van der Waals surface area (Å²) < 4.78 is 28.2. The van der Waals surface area contributed by atoms with Crippen molar-refractivity contribution in [3.8, 4) is 11.6 Å². The van der Waals surface area contributed by atoms with Crippen molar-refractivity contribution < 1.29 is 23.7 Å². The van der Waals surface area contributed by atoms with Gasteiger partial charge in [0.25, 0.3) is 0 Å². The van der Waals surface area contributed by atoms with Gasteiger partial charge >= 0.3 is 0 Å². The zero-order valence-electron chi connectivity index (χ0n) is 30.4. The Hall–Kier alpha value is -4.72. The molecule has 0 N–H and O–H groups in total. The van der Waals surface area contributed by atoms with Crippen LogP contribution in [0, 0.1) is 18.8 Å². The second kappa shape index (κ2) is 17.0. The van der Waals surface area contributed by atoms with Crippen LogP contribution in [0.1, 0.15) is 73.7 Å². The van der Waals surface area contributed by atoms with E-state index in [-0.39, 0.29) is 29.8 Å². The van der Waals surface area contributed by atoms with Gasteiger partial charge in [-0.3, -0.25) is 9.48 Å². The third kappa shape index (κ3) is 8.78. The molecule has 0 unspecified atom stereocenters. The fourth-order valence-corrected chi connectivity index (χ4v) is 7.09. The van der Waals surface area contributed by atoms with E-state index in [0.29, 0.717) is 38.5 Å². The first kappa shape index (κ1) is 36.1. The first-order valence-electron chi connectivity index (χ1n) is 18.2. The fourth-order valence-electron chi connectivity index (χ4n) is 7.09. The van der Waals surface area contributed by atoms with Gasteiger partial charge in [0.15, 0.2) is 11.9 Å². The number of carbonyl (C=O) groups is 1. The number of hydrogen-bond donors (Lipinski definition) is 0. The predicted molar refractivity (Wildman–Crippen MR) is 200 cm³/mol. The lowest BCUT2D eigenvalue weighted by molar-refractivity contribution is -0.184. The van der Waals surface area contributed by atoms with Crippen LogP contribution in [0.3, 0.4) is 0 Å². The molecule has 0 bridgehead atoms. The molecule has 1 aromatic heterocycles. The van der Waals surface area contributed by atoms with E-state index in [9.17, 15) is 4.79 Å². The Labute approximate surface area is 302 Å². The molecule has 0 spiro atoms. The quantitative estimate of drug-likeness (QED) is 0.109. The van der Waals surface area contributed by atoms with Crippen LogP contribution in [0.4, 0.5) is 0 Å². The number of carbonyl (C=O) groups excluding carboxylic acids is 1. The minimum Gasteiger partial charge on any atom is -0.489 e. The van der Waals surface area contributed by atoms with E-state index in [4.69, 9.17) is 24.0 Å². The molecule has 4 aromatic carbocycles. The maximum absolute atomic E-state index is 14.4. The SMILES string of the molecule is CC[C@H]1C(=O)[C@@H](Oc2nn(C(C)C)c(C)c2Cc2ccc(OCc3ccccc3)cc2)[C@H](OCc2ccccc2)[C@@H](OCc2ccccc2)[C@@H]1C. The summed E-state index contributed by atoms with van der Waals surface area (Å²) in [5.74, 6) is 0.992. The number of rotatable bonds is 15. The first-order valence-corrected chi connectivity index (χ1v) is 18.2. The first-order chi connectivity index (χ1) is 24.8. The number of ketones is 1. The lowest BCUT2D eigenvalue weighted by Gasteiger charge is -2.44. The molecular formula is C44H50N2O5. The van der Waals surface area contributed by atoms with Gasteiger partial charge in [0, 0.05) is 29.6 Å². The number of nitrogens with zero attached hydrogens (tertiary/aromatic N) is 2. The van der Waals surface area contributed by atoms with Crippen molar-refractivity contribution in [2.24, 2.45) is 11.8 Å². The van der Waals surface area contributed by atoms with Gasteiger partial charge in [0.2, 0.25) is 5.88 Å². The van der Waals surface area contributed by atoms with Crippen LogP contribution in [-0.2, 0) is 40.5 Å². The highest BCUT2D eigenvalue weighted by Gasteiger charge is 2.51. The minimum atomic E-state index is -0.891. The average molecular weight is 687 g/mol. The summed E-state index contributed by atoms with van der Waals surface area (Å²) in [6.07, 6.45) is -0.635. The molecule has 1 heterocycles. The predicted octanol–water partition coefficient (Wildman–Crippen LogP) is 9.11. The molecule has 1 fully saturated rings. The number of Topliss-reactive ketones (excluding diaryl/α,β-unsaturated/α-hetero) is 1. The van der Waals surface area contributed by atoms with Crippen LogP contribution in [-0.4, -0.2) is 33.9 Å². The van der Waals surface area contributed by atoms with Gasteiger partial charge in [-0.05, 0) is 67.5 Å². The van der Waals surface area contributed by atoms with Gasteiger partial charge in [-0.25, -0.2) is 0 Å². The van der Waals surface area contributed by atoms with Crippen molar-refractivity contribution in [1.82, 2.24) is 9.78 Å². The van der Waals surface area contributed by atoms with Crippen molar-refractivity contribution in [1.29, 1.82) is 0 Å². The van der Waals surface area contributed by atoms with E-state index in [1.807, 2.05) is 83.5 Å². The zero-order valence-corrected chi connectivity index (χ0v) is 30.4. The number of aromatic nitrogens is 2. The number of benzene rings is 4. The second-order valence-corrected chi connectivity index (χ2v) is 13.8. The summed E-state index contributed by atoms with van der Waals surface area (Å²) in [5.41, 5.74) is 6.26. The van der Waals surface area contributed by atoms with Crippen LogP contribution < -0.4 is 9.47 Å². The van der Waals surface area contributed by atoms with E-state index >= 15 is 0 Å². The highest BCUT2D eigenvalue weighted by molar-refractivity contribution is 5.88. The van der Waals surface area contributed by atoms with Gasteiger partial charge in [-0.15, -0.1) is 5.10 Å². The highest BCUT2D eigenvalue weighted by atomic mass is 16.6. The van der Waals surface area contributed by atoms with Crippen LogP contribution in [0.2, 0.25) is 0 Å². The molecule has 1 saturated carbocycles. The van der Waals surface area contributed by atoms with E-state index in [0.717, 1.165) is 39.3 Å². The monoisotopic (exact) mass is 686 g/mol. The Balaban J connectivity index is 1.29. The number of ether oxygens (including phenoxy) is 4. The van der Waals surface area contributed by atoms with Crippen LogP contribution >= 0.6 is 0 Å². The standard InChI is InChI=1S/C44H50N2O5/c1-6-38-31(4)41(49-28-35-18-12-8-13-19-35)43(50-29-36-20-14-9-15-21-36)42(40(38)47)51-44-39(32(5)46(45-44)30(2)3)26-33-22-24-37(25-23-33)48-27-34-16-10-7-11-17-34/h7-25,30-31,38,41-43H,6,26-29H2,1-5H3/t31-,38-,41+,42-,43-/m1/s1. The van der Waals surface area contributed by atoms with Crippen molar-refractivity contribution in [2.75, 3.05) is 0 Å². The lowest BCUT2D eigenvalue weighted by atomic mass is 9.73. The second-order valence-electron chi connectivity index (χ2n) is 13.8.